The molecule has 0 unspecified atom stereocenters. The molecular formula is C13H26N2O5. The largest absolute Gasteiger partial charge is 0.480 e. The molecule has 0 radical (unpaired) electrons. The van der Waals surface area contributed by atoms with Crippen LogP contribution in [0.4, 0.5) is 0 Å². The summed E-state index contributed by atoms with van der Waals surface area (Å²) >= 11 is 0. The van der Waals surface area contributed by atoms with Gasteiger partial charge in [-0.1, -0.05) is 0 Å². The molecule has 0 saturated carbocycles. The average molecular weight is 290 g/mol. The monoisotopic (exact) mass is 290 g/mol. The molecule has 7 nitrogen and oxygen atoms in total. The molecule has 1 aliphatic heterocycles. The summed E-state index contributed by atoms with van der Waals surface area (Å²) in [4.78, 5) is 21.1. The van der Waals surface area contributed by atoms with Crippen LogP contribution < -0.4 is 0 Å². The molecule has 7 heteroatoms. The first kappa shape index (κ1) is 18.8. The number of nitrogens with zero attached hydrogens (tertiary/aromatic N) is 2. The van der Waals surface area contributed by atoms with Crippen LogP contribution >= 0.6 is 0 Å². The Labute approximate surface area is 119 Å². The van der Waals surface area contributed by atoms with Gasteiger partial charge in [-0.25, -0.2) is 0 Å². The number of hydrogen-bond acceptors (Lipinski definition) is 5. The van der Waals surface area contributed by atoms with Crippen molar-refractivity contribution in [2.24, 2.45) is 0 Å². The van der Waals surface area contributed by atoms with E-state index in [-0.39, 0.29) is 24.2 Å². The quantitative estimate of drug-likeness (QED) is 0.713. The van der Waals surface area contributed by atoms with Crippen LogP contribution in [0.2, 0.25) is 0 Å². The Morgan fingerprint density at radius 2 is 1.30 bits per heavy atom. The molecule has 1 rings (SSSR count). The highest BCUT2D eigenvalue weighted by molar-refractivity contribution is 5.72. The van der Waals surface area contributed by atoms with E-state index in [2.05, 4.69) is 27.7 Å². The third kappa shape index (κ3) is 6.31. The topological polar surface area (TPSA) is 101 Å². The summed E-state index contributed by atoms with van der Waals surface area (Å²) in [5.41, 5.74) is -0.0486. The minimum Gasteiger partial charge on any atom is -0.480 e. The summed E-state index contributed by atoms with van der Waals surface area (Å²) in [6.07, 6.45) is 2.16. The number of carboxylic acids is 2. The maximum atomic E-state index is 9.96. The van der Waals surface area contributed by atoms with Crippen LogP contribution in [0.15, 0.2) is 0 Å². The Morgan fingerprint density at radius 1 is 1.00 bits per heavy atom. The number of carbonyl (C=O) groups is 2. The van der Waals surface area contributed by atoms with Gasteiger partial charge in [-0.15, -0.1) is 0 Å². The summed E-state index contributed by atoms with van der Waals surface area (Å²) in [5.74, 6) is -2.05. The highest BCUT2D eigenvalue weighted by Crippen LogP contribution is 2.38. The molecule has 0 aromatic rings. The summed E-state index contributed by atoms with van der Waals surface area (Å²) in [7, 11) is 1.43. The van der Waals surface area contributed by atoms with E-state index in [9.17, 15) is 14.8 Å². The van der Waals surface area contributed by atoms with Gasteiger partial charge in [0.2, 0.25) is 0 Å². The van der Waals surface area contributed by atoms with Gasteiger partial charge in [-0.2, -0.15) is 5.06 Å². The fourth-order valence-electron chi connectivity index (χ4n) is 2.16. The van der Waals surface area contributed by atoms with Crippen LogP contribution in [0.25, 0.3) is 0 Å². The Bertz CT molecular complexity index is 323. The van der Waals surface area contributed by atoms with Crippen molar-refractivity contribution >= 4 is 11.9 Å². The number of likely N-dealkylation sites (N-methyl/N-ethyl adjacent to an activating group) is 1. The fraction of sp³-hybridized carbons (Fsp3) is 0.846. The Kier molecular flexibility index (Phi) is 6.60. The Balaban J connectivity index is 0.000000361. The number of carboxylic acid groups (broad SMARTS) is 2. The van der Waals surface area contributed by atoms with E-state index >= 15 is 0 Å². The number of aliphatic carboxylic acids is 2. The number of rotatable bonds is 4. The van der Waals surface area contributed by atoms with E-state index in [0.29, 0.717) is 0 Å². The molecule has 1 heterocycles. The van der Waals surface area contributed by atoms with Crippen molar-refractivity contribution in [2.75, 3.05) is 20.1 Å². The molecule has 1 saturated heterocycles. The molecule has 0 spiro atoms. The summed E-state index contributed by atoms with van der Waals surface area (Å²) < 4.78 is 0. The van der Waals surface area contributed by atoms with E-state index in [1.807, 2.05) is 0 Å². The average Bonchev–Trinajstić information content (AvgIpc) is 2.41. The lowest BCUT2D eigenvalue weighted by Gasteiger charge is -2.34. The van der Waals surface area contributed by atoms with Crippen molar-refractivity contribution in [3.8, 4) is 0 Å². The maximum absolute atomic E-state index is 9.96. The summed E-state index contributed by atoms with van der Waals surface area (Å²) in [6, 6.07) is 0. The van der Waals surface area contributed by atoms with Crippen LogP contribution in [-0.2, 0) is 9.59 Å². The van der Waals surface area contributed by atoms with E-state index in [1.54, 1.807) is 0 Å². The minimum atomic E-state index is -1.02. The highest BCUT2D eigenvalue weighted by Gasteiger charge is 2.43. The summed E-state index contributed by atoms with van der Waals surface area (Å²) in [5, 5.41) is 27.4. The van der Waals surface area contributed by atoms with E-state index in [1.165, 1.54) is 17.0 Å². The smallest absolute Gasteiger partial charge is 0.317 e. The van der Waals surface area contributed by atoms with Crippen molar-refractivity contribution in [1.82, 2.24) is 9.96 Å². The van der Waals surface area contributed by atoms with Crippen LogP contribution in [-0.4, -0.2) is 68.5 Å². The third-order valence-electron chi connectivity index (χ3n) is 3.31. The molecule has 3 N–H and O–H groups in total. The standard InChI is InChI=1S/C8H17NO.C5H9NO4/c1-7(2)5-6-8(3,4)9(7)10;1-6(2-4(7)8)3-5(9)10/h10H,5-6H2,1-4H3;2-3H2,1H3,(H,7,8)(H,9,10). The second-order valence-corrected chi connectivity index (χ2v) is 6.40. The van der Waals surface area contributed by atoms with Gasteiger partial charge in [0.05, 0.1) is 13.1 Å². The predicted molar refractivity (Wildman–Crippen MR) is 73.8 cm³/mol. The van der Waals surface area contributed by atoms with Crippen molar-refractivity contribution in [2.45, 2.75) is 51.6 Å². The predicted octanol–water partition coefficient (Wildman–Crippen LogP) is 1.12. The van der Waals surface area contributed by atoms with Gasteiger partial charge in [-0.3, -0.25) is 14.5 Å². The molecule has 1 fully saturated rings. The maximum Gasteiger partial charge on any atom is 0.317 e. The molecule has 118 valence electrons. The van der Waals surface area contributed by atoms with Crippen molar-refractivity contribution in [3.63, 3.8) is 0 Å². The second-order valence-electron chi connectivity index (χ2n) is 6.40. The van der Waals surface area contributed by atoms with Crippen LogP contribution in [0.3, 0.4) is 0 Å². The normalized spacial score (nSPS) is 20.4. The lowest BCUT2D eigenvalue weighted by molar-refractivity contribution is -0.191. The molecule has 0 amide bonds. The molecule has 0 aromatic heterocycles. The van der Waals surface area contributed by atoms with E-state index in [4.69, 9.17) is 10.2 Å². The van der Waals surface area contributed by atoms with Crippen LogP contribution in [0, 0.1) is 0 Å². The van der Waals surface area contributed by atoms with Crippen molar-refractivity contribution < 1.29 is 25.0 Å². The first-order valence-electron chi connectivity index (χ1n) is 6.50. The van der Waals surface area contributed by atoms with Gasteiger partial charge in [-0.05, 0) is 47.6 Å². The molecule has 1 aliphatic rings. The van der Waals surface area contributed by atoms with Crippen molar-refractivity contribution in [1.29, 1.82) is 0 Å². The zero-order chi connectivity index (χ0) is 16.1. The summed E-state index contributed by atoms with van der Waals surface area (Å²) in [6.45, 7) is 7.80. The van der Waals surface area contributed by atoms with Crippen LogP contribution in [0.5, 0.6) is 0 Å². The van der Waals surface area contributed by atoms with Gasteiger partial charge in [0.15, 0.2) is 0 Å². The second kappa shape index (κ2) is 7.01. The number of hydrogen-bond donors (Lipinski definition) is 3. The molecule has 0 bridgehead atoms. The molecule has 0 aromatic carbocycles. The molecule has 20 heavy (non-hydrogen) atoms. The molecule has 0 aliphatic carbocycles. The Hall–Kier alpha value is -1.18. The zero-order valence-corrected chi connectivity index (χ0v) is 12.9. The van der Waals surface area contributed by atoms with Gasteiger partial charge in [0, 0.05) is 11.1 Å². The van der Waals surface area contributed by atoms with Gasteiger partial charge in [0.25, 0.3) is 0 Å². The molecular weight excluding hydrogens is 264 g/mol. The minimum absolute atomic E-state index is 0.0243. The van der Waals surface area contributed by atoms with Gasteiger partial charge >= 0.3 is 11.9 Å². The SMILES string of the molecule is CC1(C)CCC(C)(C)N1O.CN(CC(=O)O)CC(=O)O. The highest BCUT2D eigenvalue weighted by atomic mass is 16.5. The lowest BCUT2D eigenvalue weighted by Crippen LogP contribution is -2.45. The zero-order valence-electron chi connectivity index (χ0n) is 12.9. The van der Waals surface area contributed by atoms with Gasteiger partial charge in [0.1, 0.15) is 0 Å². The van der Waals surface area contributed by atoms with Gasteiger partial charge < -0.3 is 15.4 Å². The third-order valence-corrected chi connectivity index (χ3v) is 3.31. The number of hydroxylamine groups is 2. The lowest BCUT2D eigenvalue weighted by atomic mass is 10.0. The first-order chi connectivity index (χ1) is 8.88. The van der Waals surface area contributed by atoms with E-state index in [0.717, 1.165) is 12.8 Å². The first-order valence-corrected chi connectivity index (χ1v) is 6.50. The van der Waals surface area contributed by atoms with E-state index < -0.39 is 11.9 Å². The molecule has 0 atom stereocenters. The Morgan fingerprint density at radius 3 is 1.45 bits per heavy atom. The fourth-order valence-corrected chi connectivity index (χ4v) is 2.16. The van der Waals surface area contributed by atoms with Crippen LogP contribution in [0.1, 0.15) is 40.5 Å². The van der Waals surface area contributed by atoms with Crippen molar-refractivity contribution in [3.05, 3.63) is 0 Å².